The van der Waals surface area contributed by atoms with Crippen LogP contribution in [0.3, 0.4) is 0 Å². The molecule has 0 aromatic rings. The van der Waals surface area contributed by atoms with Gasteiger partial charge in [-0.05, 0) is 0 Å². The third kappa shape index (κ3) is 9.10. The molecule has 3 nitrogen and oxygen atoms in total. The highest BCUT2D eigenvalue weighted by Crippen LogP contribution is 2.12. The molecule has 0 rings (SSSR count). The van der Waals surface area contributed by atoms with E-state index < -0.39 is 31.5 Å². The van der Waals surface area contributed by atoms with Crippen LogP contribution in [0.1, 0.15) is 0 Å². The van der Waals surface area contributed by atoms with Gasteiger partial charge in [-0.25, -0.2) is 5.32 Å². The van der Waals surface area contributed by atoms with Crippen molar-refractivity contribution in [3.8, 4) is 0 Å². The van der Waals surface area contributed by atoms with Gasteiger partial charge in [0.1, 0.15) is 6.54 Å². The summed E-state index contributed by atoms with van der Waals surface area (Å²) >= 11 is 0. The molecule has 0 radical (unpaired) electrons. The summed E-state index contributed by atoms with van der Waals surface area (Å²) in [4.78, 5) is 10.4. The fraction of sp³-hybridized carbons (Fsp3) is 0.800. The first kappa shape index (κ1) is 13.0. The highest BCUT2D eigenvalue weighted by atomic mass is 19.4. The maximum atomic E-state index is 11.4. The Morgan fingerprint density at radius 3 is 1.93 bits per heavy atom. The third-order valence-electron chi connectivity index (χ3n) is 0.935. The van der Waals surface area contributed by atoms with Crippen molar-refractivity contribution in [3.63, 3.8) is 0 Å². The van der Waals surface area contributed by atoms with Crippen molar-refractivity contribution in [2.45, 2.75) is 12.5 Å². The molecule has 0 bridgehead atoms. The van der Waals surface area contributed by atoms with Crippen LogP contribution in [0.2, 0.25) is 0 Å². The molecule has 0 aromatic heterocycles. The lowest BCUT2D eigenvalue weighted by molar-refractivity contribution is -0.162. The van der Waals surface area contributed by atoms with E-state index in [4.69, 9.17) is 0 Å². The van der Waals surface area contributed by atoms with Gasteiger partial charge in [-0.15, -0.1) is 0 Å². The molecule has 1 amide bonds. The topological polar surface area (TPSA) is 41.1 Å². The van der Waals surface area contributed by atoms with E-state index >= 15 is 0 Å². The molecular formula is C5H6F6N2O. The summed E-state index contributed by atoms with van der Waals surface area (Å²) in [6.07, 6.45) is -9.41. The Balaban J connectivity index is 3.68. The van der Waals surface area contributed by atoms with Crippen LogP contribution in [0.15, 0.2) is 0 Å². The standard InChI is InChI=1S/C5H6F6N2O/c6-4(7,8)2-12-3(14)1-13-5(9,10)11/h13H,1-2H2,(H,12,14). The zero-order chi connectivity index (χ0) is 11.4. The number of amides is 1. The quantitative estimate of drug-likeness (QED) is 0.549. The maximum Gasteiger partial charge on any atom is 0.457 e. The van der Waals surface area contributed by atoms with Crippen LogP contribution in [0.5, 0.6) is 0 Å². The molecular weight excluding hydrogens is 218 g/mol. The Morgan fingerprint density at radius 1 is 1.07 bits per heavy atom. The molecule has 84 valence electrons. The van der Waals surface area contributed by atoms with Crippen LogP contribution in [-0.2, 0) is 4.79 Å². The van der Waals surface area contributed by atoms with E-state index in [1.54, 1.807) is 0 Å². The second kappa shape index (κ2) is 4.49. The van der Waals surface area contributed by atoms with E-state index in [2.05, 4.69) is 0 Å². The molecule has 0 spiro atoms. The summed E-state index contributed by atoms with van der Waals surface area (Å²) in [6, 6.07) is 0. The normalized spacial score (nSPS) is 12.7. The molecule has 2 N–H and O–H groups in total. The summed E-state index contributed by atoms with van der Waals surface area (Å²) in [5, 5.41) is 2.05. The van der Waals surface area contributed by atoms with Crippen molar-refractivity contribution in [1.29, 1.82) is 0 Å². The van der Waals surface area contributed by atoms with Gasteiger partial charge in [0.2, 0.25) is 5.91 Å². The molecule has 0 fully saturated rings. The molecule has 0 saturated carbocycles. The number of nitrogens with one attached hydrogen (secondary N) is 2. The Hall–Kier alpha value is -0.990. The van der Waals surface area contributed by atoms with Crippen LogP contribution < -0.4 is 10.6 Å². The molecule has 0 unspecified atom stereocenters. The zero-order valence-electron chi connectivity index (χ0n) is 6.59. The van der Waals surface area contributed by atoms with Gasteiger partial charge < -0.3 is 5.32 Å². The summed E-state index contributed by atoms with van der Waals surface area (Å²) in [7, 11) is 0. The van der Waals surface area contributed by atoms with E-state index in [1.807, 2.05) is 0 Å². The Morgan fingerprint density at radius 2 is 1.57 bits per heavy atom. The number of hydrogen-bond donors (Lipinski definition) is 2. The van der Waals surface area contributed by atoms with Gasteiger partial charge in [-0.2, -0.15) is 26.3 Å². The second-order valence-corrected chi connectivity index (χ2v) is 2.24. The highest BCUT2D eigenvalue weighted by Gasteiger charge is 2.30. The summed E-state index contributed by atoms with van der Waals surface area (Å²) in [6.45, 7) is -2.88. The molecule has 0 aromatic carbocycles. The van der Waals surface area contributed by atoms with Crippen molar-refractivity contribution in [2.24, 2.45) is 0 Å². The predicted molar refractivity (Wildman–Crippen MR) is 33.1 cm³/mol. The Kier molecular flexibility index (Phi) is 4.17. The van der Waals surface area contributed by atoms with Crippen LogP contribution in [0.25, 0.3) is 0 Å². The first-order valence-corrected chi connectivity index (χ1v) is 3.25. The summed E-state index contributed by atoms with van der Waals surface area (Å²) in [5.74, 6) is -1.38. The van der Waals surface area contributed by atoms with E-state index in [0.29, 0.717) is 0 Å². The third-order valence-corrected chi connectivity index (χ3v) is 0.935. The van der Waals surface area contributed by atoms with E-state index in [-0.39, 0.29) is 0 Å². The molecule has 0 aliphatic carbocycles. The average molecular weight is 224 g/mol. The van der Waals surface area contributed by atoms with Crippen molar-refractivity contribution in [3.05, 3.63) is 0 Å². The first-order valence-electron chi connectivity index (χ1n) is 3.25. The number of rotatable bonds is 3. The fourth-order valence-corrected chi connectivity index (χ4v) is 0.442. The number of carbonyl (C=O) groups is 1. The smallest absolute Gasteiger partial charge is 0.346 e. The highest BCUT2D eigenvalue weighted by molar-refractivity contribution is 5.78. The van der Waals surface area contributed by atoms with E-state index in [0.717, 1.165) is 5.32 Å². The molecule has 0 aliphatic heterocycles. The van der Waals surface area contributed by atoms with E-state index in [9.17, 15) is 31.1 Å². The van der Waals surface area contributed by atoms with Crippen molar-refractivity contribution >= 4 is 5.91 Å². The molecule has 14 heavy (non-hydrogen) atoms. The summed E-state index contributed by atoms with van der Waals surface area (Å²) in [5.41, 5.74) is 0. The number of carbonyl (C=O) groups excluding carboxylic acids is 1. The van der Waals surface area contributed by atoms with Gasteiger partial charge >= 0.3 is 12.5 Å². The van der Waals surface area contributed by atoms with Crippen LogP contribution in [0.4, 0.5) is 26.3 Å². The van der Waals surface area contributed by atoms with Crippen molar-refractivity contribution in [2.75, 3.05) is 13.1 Å². The fourth-order valence-electron chi connectivity index (χ4n) is 0.442. The average Bonchev–Trinajstić information content (AvgIpc) is 1.94. The van der Waals surface area contributed by atoms with Gasteiger partial charge in [0.25, 0.3) is 0 Å². The van der Waals surface area contributed by atoms with Crippen molar-refractivity contribution in [1.82, 2.24) is 10.6 Å². The Labute approximate surface area is 74.5 Å². The lowest BCUT2D eigenvalue weighted by Crippen LogP contribution is -2.43. The minimum Gasteiger partial charge on any atom is -0.346 e. The molecule has 0 atom stereocenters. The number of alkyl halides is 6. The monoisotopic (exact) mass is 224 g/mol. The maximum absolute atomic E-state index is 11.4. The molecule has 0 saturated heterocycles. The van der Waals surface area contributed by atoms with Gasteiger partial charge in [0.15, 0.2) is 0 Å². The minimum absolute atomic E-state index is 0.778. The van der Waals surface area contributed by atoms with E-state index in [1.165, 1.54) is 5.32 Å². The van der Waals surface area contributed by atoms with Crippen LogP contribution in [-0.4, -0.2) is 31.5 Å². The van der Waals surface area contributed by atoms with Gasteiger partial charge in [0, 0.05) is 0 Å². The van der Waals surface area contributed by atoms with Crippen LogP contribution >= 0.6 is 0 Å². The minimum atomic E-state index is -4.78. The largest absolute Gasteiger partial charge is 0.457 e. The number of hydrogen-bond acceptors (Lipinski definition) is 2. The zero-order valence-corrected chi connectivity index (χ0v) is 6.59. The Bertz CT molecular complexity index is 177. The summed E-state index contributed by atoms with van der Waals surface area (Å²) < 4.78 is 68.4. The van der Waals surface area contributed by atoms with Gasteiger partial charge in [0.05, 0.1) is 6.54 Å². The SMILES string of the molecule is O=C(CNC(F)(F)F)NCC(F)(F)F. The first-order chi connectivity index (χ1) is 6.10. The van der Waals surface area contributed by atoms with Crippen molar-refractivity contribution < 1.29 is 31.1 Å². The van der Waals surface area contributed by atoms with Crippen LogP contribution in [0, 0.1) is 0 Å². The second-order valence-electron chi connectivity index (χ2n) is 2.24. The van der Waals surface area contributed by atoms with Gasteiger partial charge in [-0.1, -0.05) is 0 Å². The lowest BCUT2D eigenvalue weighted by Gasteiger charge is -2.10. The molecule has 0 aliphatic rings. The van der Waals surface area contributed by atoms with Gasteiger partial charge in [-0.3, -0.25) is 4.79 Å². The molecule has 9 heteroatoms. The molecule has 0 heterocycles. The predicted octanol–water partition coefficient (Wildman–Crippen LogP) is 0.774. The number of halogens is 6. The lowest BCUT2D eigenvalue weighted by atomic mass is 10.5.